The third-order valence-electron chi connectivity index (χ3n) is 5.52. The Morgan fingerprint density at radius 2 is 1.65 bits per heavy atom. The Bertz CT molecular complexity index is 1410. The van der Waals surface area contributed by atoms with Gasteiger partial charge in [0.15, 0.2) is 6.61 Å². The molecule has 0 saturated heterocycles. The van der Waals surface area contributed by atoms with Gasteiger partial charge in [-0.25, -0.2) is 13.2 Å². The second kappa shape index (κ2) is 11.4. The number of primary amides is 1. The second-order valence-electron chi connectivity index (χ2n) is 8.20. The highest BCUT2D eigenvalue weighted by atomic mass is 19.1. The molecule has 1 atom stereocenters. The number of hydrogen-bond donors (Lipinski definition) is 2. The predicted octanol–water partition coefficient (Wildman–Crippen LogP) is 4.74. The first kappa shape index (κ1) is 25.4. The van der Waals surface area contributed by atoms with Gasteiger partial charge in [-0.2, -0.15) is 0 Å². The summed E-state index contributed by atoms with van der Waals surface area (Å²) < 4.78 is 47.4. The first-order chi connectivity index (χ1) is 17.8. The van der Waals surface area contributed by atoms with Crippen molar-refractivity contribution in [2.24, 2.45) is 5.73 Å². The molecule has 188 valence electrons. The number of aromatic nitrogens is 1. The van der Waals surface area contributed by atoms with Gasteiger partial charge in [-0.15, -0.1) is 0 Å². The highest BCUT2D eigenvalue weighted by Crippen LogP contribution is 2.30. The fourth-order valence-corrected chi connectivity index (χ4v) is 3.90. The van der Waals surface area contributed by atoms with Gasteiger partial charge in [-0.1, -0.05) is 30.3 Å². The second-order valence-corrected chi connectivity index (χ2v) is 8.20. The summed E-state index contributed by atoms with van der Waals surface area (Å²) in [4.78, 5) is 28.9. The first-order valence-corrected chi connectivity index (χ1v) is 11.3. The van der Waals surface area contributed by atoms with Crippen LogP contribution in [0.2, 0.25) is 0 Å². The van der Waals surface area contributed by atoms with Crippen molar-refractivity contribution in [3.63, 3.8) is 0 Å². The van der Waals surface area contributed by atoms with Crippen molar-refractivity contribution in [3.05, 3.63) is 119 Å². The molecule has 0 radical (unpaired) electrons. The highest BCUT2D eigenvalue weighted by molar-refractivity contribution is 5.94. The maximum atomic E-state index is 14.1. The van der Waals surface area contributed by atoms with Crippen LogP contribution in [-0.2, 0) is 11.2 Å². The smallest absolute Gasteiger partial charge is 0.258 e. The highest BCUT2D eigenvalue weighted by Gasteiger charge is 2.22. The molecule has 0 saturated carbocycles. The molecule has 0 aliphatic carbocycles. The number of halogens is 3. The normalized spacial score (nSPS) is 11.5. The van der Waals surface area contributed by atoms with E-state index in [1.54, 1.807) is 36.4 Å². The molecule has 3 aromatic carbocycles. The van der Waals surface area contributed by atoms with Gasteiger partial charge in [0.2, 0.25) is 0 Å². The van der Waals surface area contributed by atoms with Gasteiger partial charge in [0.25, 0.3) is 11.8 Å². The average Bonchev–Trinajstić information content (AvgIpc) is 2.87. The van der Waals surface area contributed by atoms with E-state index in [1.807, 2.05) is 6.07 Å². The lowest BCUT2D eigenvalue weighted by atomic mass is 9.94. The van der Waals surface area contributed by atoms with Gasteiger partial charge in [0.05, 0.1) is 17.3 Å². The van der Waals surface area contributed by atoms with E-state index in [0.29, 0.717) is 22.6 Å². The number of rotatable bonds is 9. The largest absolute Gasteiger partial charge is 0.484 e. The number of carbonyl (C=O) groups is 2. The number of nitrogens with zero attached hydrogens (tertiary/aromatic N) is 1. The molecule has 3 N–H and O–H groups in total. The summed E-state index contributed by atoms with van der Waals surface area (Å²) in [6, 6.07) is 18.1. The van der Waals surface area contributed by atoms with Crippen molar-refractivity contribution in [3.8, 4) is 16.9 Å². The molecule has 1 unspecified atom stereocenters. The summed E-state index contributed by atoms with van der Waals surface area (Å²) in [6.45, 7) is -0.317. The molecule has 6 nitrogen and oxygen atoms in total. The Morgan fingerprint density at radius 1 is 0.919 bits per heavy atom. The lowest BCUT2D eigenvalue weighted by Crippen LogP contribution is -2.34. The van der Waals surface area contributed by atoms with Crippen LogP contribution < -0.4 is 15.8 Å². The summed E-state index contributed by atoms with van der Waals surface area (Å²) >= 11 is 0. The van der Waals surface area contributed by atoms with Gasteiger partial charge < -0.3 is 15.8 Å². The average molecular weight is 505 g/mol. The number of ether oxygens (including phenoxy) is 1. The van der Waals surface area contributed by atoms with E-state index in [4.69, 9.17) is 10.5 Å². The van der Waals surface area contributed by atoms with Crippen molar-refractivity contribution in [2.45, 2.75) is 12.5 Å². The van der Waals surface area contributed by atoms with E-state index in [0.717, 1.165) is 24.3 Å². The van der Waals surface area contributed by atoms with Gasteiger partial charge in [-0.3, -0.25) is 14.6 Å². The number of para-hydroxylation sites is 1. The minimum Gasteiger partial charge on any atom is -0.484 e. The molecule has 0 spiro atoms. The summed E-state index contributed by atoms with van der Waals surface area (Å²) in [7, 11) is 0. The zero-order valence-corrected chi connectivity index (χ0v) is 19.5. The number of amides is 2. The zero-order valence-electron chi connectivity index (χ0n) is 19.5. The van der Waals surface area contributed by atoms with Gasteiger partial charge in [-0.05, 0) is 60.0 Å². The molecule has 4 rings (SSSR count). The van der Waals surface area contributed by atoms with Crippen molar-refractivity contribution in [1.29, 1.82) is 0 Å². The Kier molecular flexibility index (Phi) is 7.83. The van der Waals surface area contributed by atoms with Crippen LogP contribution in [0.15, 0.2) is 85.1 Å². The standard InChI is InChI=1S/C28H22F3N3O3/c29-19-11-17(12-20(30)15-19)13-25(34-26(35)16-37-21-5-2-1-3-6-21)27-22(7-4-10-33-27)18-8-9-24(31)23(14-18)28(32)36/h1-12,14-15,25H,13,16H2,(H2,32,36)(H,34,35). The number of nitrogens with two attached hydrogens (primary N) is 1. The Balaban J connectivity index is 1.69. The van der Waals surface area contributed by atoms with Gasteiger partial charge >= 0.3 is 0 Å². The Morgan fingerprint density at radius 3 is 2.35 bits per heavy atom. The maximum Gasteiger partial charge on any atom is 0.258 e. The molecular weight excluding hydrogens is 483 g/mol. The predicted molar refractivity (Wildman–Crippen MR) is 131 cm³/mol. The molecule has 0 aliphatic heterocycles. The summed E-state index contributed by atoms with van der Waals surface area (Å²) in [6.07, 6.45) is 1.47. The Hall–Kier alpha value is -4.66. The van der Waals surface area contributed by atoms with Crippen LogP contribution >= 0.6 is 0 Å². The fourth-order valence-electron chi connectivity index (χ4n) is 3.90. The molecule has 9 heteroatoms. The van der Waals surface area contributed by atoms with Gasteiger partial charge in [0.1, 0.15) is 23.2 Å². The monoisotopic (exact) mass is 505 g/mol. The molecule has 37 heavy (non-hydrogen) atoms. The van der Waals surface area contributed by atoms with Crippen LogP contribution in [0.3, 0.4) is 0 Å². The van der Waals surface area contributed by atoms with Gasteiger partial charge in [0, 0.05) is 17.8 Å². The third-order valence-corrected chi connectivity index (χ3v) is 5.52. The lowest BCUT2D eigenvalue weighted by molar-refractivity contribution is -0.123. The Labute approximate surface area is 210 Å². The fraction of sp³-hybridized carbons (Fsp3) is 0.107. The number of benzene rings is 3. The minimum atomic E-state index is -0.942. The van der Waals surface area contributed by atoms with Crippen LogP contribution in [0.1, 0.15) is 27.7 Å². The van der Waals surface area contributed by atoms with Crippen LogP contribution in [0.5, 0.6) is 5.75 Å². The topological polar surface area (TPSA) is 94.3 Å². The molecule has 0 fully saturated rings. The summed E-state index contributed by atoms with van der Waals surface area (Å²) in [5, 5.41) is 2.81. The van der Waals surface area contributed by atoms with E-state index in [1.165, 1.54) is 18.3 Å². The SMILES string of the molecule is NC(=O)c1cc(-c2cccnc2C(Cc2cc(F)cc(F)c2)NC(=O)COc2ccccc2)ccc1F. The number of pyridine rings is 1. The van der Waals surface area contributed by atoms with E-state index in [2.05, 4.69) is 10.3 Å². The van der Waals surface area contributed by atoms with Crippen molar-refractivity contribution < 1.29 is 27.5 Å². The lowest BCUT2D eigenvalue weighted by Gasteiger charge is -2.22. The summed E-state index contributed by atoms with van der Waals surface area (Å²) in [5.41, 5.74) is 6.49. The zero-order chi connectivity index (χ0) is 26.4. The number of nitrogens with one attached hydrogen (secondary N) is 1. The number of hydrogen-bond acceptors (Lipinski definition) is 4. The molecule has 2 amide bonds. The third kappa shape index (κ3) is 6.52. The van der Waals surface area contributed by atoms with E-state index in [9.17, 15) is 22.8 Å². The van der Waals surface area contributed by atoms with Crippen LogP contribution in [0.25, 0.3) is 11.1 Å². The number of carbonyl (C=O) groups excluding carboxylic acids is 2. The molecule has 0 bridgehead atoms. The molecule has 1 heterocycles. The molecule has 0 aliphatic rings. The van der Waals surface area contributed by atoms with E-state index in [-0.39, 0.29) is 24.2 Å². The maximum absolute atomic E-state index is 14.1. The van der Waals surface area contributed by atoms with Crippen LogP contribution in [0.4, 0.5) is 13.2 Å². The molecule has 1 aromatic heterocycles. The minimum absolute atomic E-state index is 0.0142. The first-order valence-electron chi connectivity index (χ1n) is 11.3. The van der Waals surface area contributed by atoms with E-state index < -0.39 is 35.3 Å². The van der Waals surface area contributed by atoms with Crippen molar-refractivity contribution in [1.82, 2.24) is 10.3 Å². The van der Waals surface area contributed by atoms with Crippen LogP contribution in [-0.4, -0.2) is 23.4 Å². The van der Waals surface area contributed by atoms with Crippen molar-refractivity contribution >= 4 is 11.8 Å². The van der Waals surface area contributed by atoms with Crippen molar-refractivity contribution in [2.75, 3.05) is 6.61 Å². The molecule has 4 aromatic rings. The molecular formula is C28H22F3N3O3. The summed E-state index contributed by atoms with van der Waals surface area (Å²) in [5.74, 6) is -3.26. The van der Waals surface area contributed by atoms with Crippen LogP contribution in [0, 0.1) is 17.5 Å². The quantitative estimate of drug-likeness (QED) is 0.344. The van der Waals surface area contributed by atoms with E-state index >= 15 is 0 Å².